The Bertz CT molecular complexity index is 335. The van der Waals surface area contributed by atoms with Gasteiger partial charge in [-0.3, -0.25) is 4.90 Å². The lowest BCUT2D eigenvalue weighted by Gasteiger charge is -2.20. The van der Waals surface area contributed by atoms with E-state index in [0.717, 1.165) is 37.3 Å². The molecule has 0 aromatic heterocycles. The zero-order chi connectivity index (χ0) is 13.4. The highest BCUT2D eigenvalue weighted by Gasteiger charge is 2.06. The third-order valence-electron chi connectivity index (χ3n) is 2.88. The molecule has 0 unspecified atom stereocenters. The smallest absolute Gasteiger partial charge is 0.119 e. The van der Waals surface area contributed by atoms with Crippen LogP contribution < -0.4 is 4.74 Å². The average Bonchev–Trinajstić information content (AvgIpc) is 2.42. The molecule has 0 radical (unpaired) electrons. The molecule has 18 heavy (non-hydrogen) atoms. The summed E-state index contributed by atoms with van der Waals surface area (Å²) in [5.41, 5.74) is 2.52. The van der Waals surface area contributed by atoms with Crippen LogP contribution in [0.25, 0.3) is 0 Å². The van der Waals surface area contributed by atoms with Gasteiger partial charge in [-0.15, -0.1) is 0 Å². The molecule has 0 N–H and O–H groups in total. The lowest BCUT2D eigenvalue weighted by atomic mass is 10.1. The summed E-state index contributed by atoms with van der Waals surface area (Å²) in [7, 11) is 3.45. The van der Waals surface area contributed by atoms with Crippen molar-refractivity contribution in [3.8, 4) is 5.75 Å². The van der Waals surface area contributed by atoms with Gasteiger partial charge < -0.3 is 9.47 Å². The van der Waals surface area contributed by atoms with Crippen molar-refractivity contribution in [3.63, 3.8) is 0 Å². The normalized spacial score (nSPS) is 10.9. The number of benzene rings is 1. The zero-order valence-electron chi connectivity index (χ0n) is 11.4. The third kappa shape index (κ3) is 4.96. The van der Waals surface area contributed by atoms with E-state index in [9.17, 15) is 0 Å². The average molecular weight is 316 g/mol. The predicted molar refractivity (Wildman–Crippen MR) is 78.5 cm³/mol. The Morgan fingerprint density at radius 1 is 1.17 bits per heavy atom. The summed E-state index contributed by atoms with van der Waals surface area (Å²) in [5.74, 6) is 0.921. The van der Waals surface area contributed by atoms with Gasteiger partial charge in [0.1, 0.15) is 5.75 Å². The van der Waals surface area contributed by atoms with E-state index in [1.807, 2.05) is 0 Å². The zero-order valence-corrected chi connectivity index (χ0v) is 13.0. The van der Waals surface area contributed by atoms with E-state index < -0.39 is 0 Å². The molecule has 0 amide bonds. The van der Waals surface area contributed by atoms with Crippen LogP contribution in [0.15, 0.2) is 18.2 Å². The Hall–Kier alpha value is -0.580. The first-order chi connectivity index (χ1) is 8.73. The van der Waals surface area contributed by atoms with Crippen molar-refractivity contribution in [2.45, 2.75) is 18.8 Å². The fraction of sp³-hybridized carbons (Fsp3) is 0.571. The van der Waals surface area contributed by atoms with E-state index in [0.29, 0.717) is 0 Å². The minimum atomic E-state index is 0.767. The molecule has 0 saturated heterocycles. The maximum Gasteiger partial charge on any atom is 0.119 e. The summed E-state index contributed by atoms with van der Waals surface area (Å²) in [5, 5.41) is 0.849. The van der Waals surface area contributed by atoms with Crippen molar-refractivity contribution < 1.29 is 9.47 Å². The van der Waals surface area contributed by atoms with Crippen molar-refractivity contribution in [1.29, 1.82) is 0 Å². The van der Waals surface area contributed by atoms with Crippen LogP contribution in [0.2, 0.25) is 0 Å². The van der Waals surface area contributed by atoms with Crippen LogP contribution in [0.1, 0.15) is 18.1 Å². The molecule has 4 heteroatoms. The summed E-state index contributed by atoms with van der Waals surface area (Å²) < 4.78 is 10.5. The molecular weight excluding hydrogens is 294 g/mol. The maximum atomic E-state index is 5.33. The molecular formula is C14H22BrNO2. The second kappa shape index (κ2) is 8.51. The van der Waals surface area contributed by atoms with Gasteiger partial charge in [-0.2, -0.15) is 0 Å². The number of methoxy groups -OCH3 is 2. The minimum absolute atomic E-state index is 0.767. The van der Waals surface area contributed by atoms with Crippen LogP contribution >= 0.6 is 15.9 Å². The quantitative estimate of drug-likeness (QED) is 0.688. The van der Waals surface area contributed by atoms with Crippen LogP contribution in [-0.2, 0) is 16.6 Å². The monoisotopic (exact) mass is 315 g/mol. The largest absolute Gasteiger partial charge is 0.497 e. The Labute approximate surface area is 118 Å². The van der Waals surface area contributed by atoms with Crippen molar-refractivity contribution in [2.75, 3.05) is 33.9 Å². The predicted octanol–water partition coefficient (Wildman–Crippen LogP) is 3.06. The van der Waals surface area contributed by atoms with Gasteiger partial charge in [-0.25, -0.2) is 0 Å². The molecule has 0 aliphatic heterocycles. The van der Waals surface area contributed by atoms with E-state index >= 15 is 0 Å². The van der Waals surface area contributed by atoms with Gasteiger partial charge in [0.15, 0.2) is 0 Å². The molecule has 1 rings (SSSR count). The highest BCUT2D eigenvalue weighted by Crippen LogP contribution is 2.20. The van der Waals surface area contributed by atoms with Crippen molar-refractivity contribution in [3.05, 3.63) is 29.3 Å². The highest BCUT2D eigenvalue weighted by molar-refractivity contribution is 9.08. The molecule has 102 valence electrons. The first-order valence-corrected chi connectivity index (χ1v) is 7.29. The lowest BCUT2D eigenvalue weighted by Crippen LogP contribution is -2.26. The molecule has 0 heterocycles. The fourth-order valence-electron chi connectivity index (χ4n) is 1.84. The van der Waals surface area contributed by atoms with Crippen LogP contribution in [0.5, 0.6) is 5.75 Å². The van der Waals surface area contributed by atoms with Gasteiger partial charge in [0.2, 0.25) is 0 Å². The molecule has 1 aromatic rings. The molecule has 0 fully saturated rings. The van der Waals surface area contributed by atoms with Crippen LogP contribution in [0.3, 0.4) is 0 Å². The molecule has 0 aliphatic carbocycles. The van der Waals surface area contributed by atoms with Gasteiger partial charge in [-0.05, 0) is 29.8 Å². The molecule has 1 aromatic carbocycles. The van der Waals surface area contributed by atoms with Gasteiger partial charge in [-0.1, -0.05) is 28.9 Å². The van der Waals surface area contributed by atoms with E-state index in [4.69, 9.17) is 9.47 Å². The molecule has 0 atom stereocenters. The molecule has 0 aliphatic rings. The number of nitrogens with zero attached hydrogens (tertiary/aromatic N) is 1. The molecule has 0 saturated carbocycles. The Balaban J connectivity index is 2.74. The van der Waals surface area contributed by atoms with Crippen molar-refractivity contribution >= 4 is 15.9 Å². The van der Waals surface area contributed by atoms with E-state index in [2.05, 4.69) is 46.0 Å². The third-order valence-corrected chi connectivity index (χ3v) is 3.53. The van der Waals surface area contributed by atoms with Crippen LogP contribution in [0.4, 0.5) is 0 Å². The number of rotatable bonds is 8. The summed E-state index contributed by atoms with van der Waals surface area (Å²) in [6.07, 6.45) is 0. The number of hydrogen-bond donors (Lipinski definition) is 0. The van der Waals surface area contributed by atoms with Crippen LogP contribution in [0, 0.1) is 0 Å². The molecule has 0 spiro atoms. The number of hydrogen-bond acceptors (Lipinski definition) is 3. The number of alkyl halides is 1. The van der Waals surface area contributed by atoms with E-state index in [-0.39, 0.29) is 0 Å². The SMILES string of the molecule is CCN(CCOC)Cc1cc(CBr)cc(OC)c1. The van der Waals surface area contributed by atoms with Gasteiger partial charge in [0.05, 0.1) is 13.7 Å². The summed E-state index contributed by atoms with van der Waals surface area (Å²) >= 11 is 3.49. The maximum absolute atomic E-state index is 5.33. The standard InChI is InChI=1S/C14H22BrNO2/c1-4-16(5-6-17-2)11-13-7-12(10-15)8-14(9-13)18-3/h7-9H,4-6,10-11H2,1-3H3. The lowest BCUT2D eigenvalue weighted by molar-refractivity contribution is 0.147. The Morgan fingerprint density at radius 2 is 1.89 bits per heavy atom. The first-order valence-electron chi connectivity index (χ1n) is 6.17. The summed E-state index contributed by atoms with van der Waals surface area (Å²) in [6, 6.07) is 6.37. The second-order valence-corrected chi connectivity index (χ2v) is 4.75. The highest BCUT2D eigenvalue weighted by atomic mass is 79.9. The number of likely N-dealkylation sites (N-methyl/N-ethyl adjacent to an activating group) is 1. The fourth-order valence-corrected chi connectivity index (χ4v) is 2.17. The summed E-state index contributed by atoms with van der Waals surface area (Å²) in [6.45, 7) is 5.83. The van der Waals surface area contributed by atoms with E-state index in [1.165, 1.54) is 11.1 Å². The van der Waals surface area contributed by atoms with Crippen LogP contribution in [-0.4, -0.2) is 38.8 Å². The Morgan fingerprint density at radius 3 is 2.44 bits per heavy atom. The number of ether oxygens (including phenoxy) is 2. The minimum Gasteiger partial charge on any atom is -0.497 e. The molecule has 3 nitrogen and oxygen atoms in total. The topological polar surface area (TPSA) is 21.7 Å². The van der Waals surface area contributed by atoms with Crippen molar-refractivity contribution in [2.24, 2.45) is 0 Å². The van der Waals surface area contributed by atoms with Gasteiger partial charge >= 0.3 is 0 Å². The summed E-state index contributed by atoms with van der Waals surface area (Å²) in [4.78, 5) is 2.36. The second-order valence-electron chi connectivity index (χ2n) is 4.18. The molecule has 0 bridgehead atoms. The van der Waals surface area contributed by atoms with Gasteiger partial charge in [0, 0.05) is 25.5 Å². The first kappa shape index (κ1) is 15.5. The number of halogens is 1. The van der Waals surface area contributed by atoms with E-state index in [1.54, 1.807) is 14.2 Å². The Kier molecular flexibility index (Phi) is 7.32. The van der Waals surface area contributed by atoms with Crippen molar-refractivity contribution in [1.82, 2.24) is 4.90 Å². The van der Waals surface area contributed by atoms with Gasteiger partial charge in [0.25, 0.3) is 0 Å².